The van der Waals surface area contributed by atoms with Gasteiger partial charge in [-0.15, -0.1) is 0 Å². The van der Waals surface area contributed by atoms with Gasteiger partial charge in [-0.2, -0.15) is 0 Å². The number of Topliss-reactive ketones (excluding diaryl/α,β-unsaturated/α-hetero) is 1. The summed E-state index contributed by atoms with van der Waals surface area (Å²) in [6.07, 6.45) is 6.87. The van der Waals surface area contributed by atoms with Crippen LogP contribution in [0.2, 0.25) is 0 Å². The second-order valence-corrected chi connectivity index (χ2v) is 12.0. The summed E-state index contributed by atoms with van der Waals surface area (Å²) in [4.78, 5) is 51.2. The molecule has 3 fully saturated rings. The SMILES string of the molecule is CC(=O)OCC(=O)[C@@]1(OC(=O)c2ccccc2)C(C)C[C@H]2[C@@H]3CCC4=CC(=O)C=C[C@]4(C)[C@H]3C(O)C[C@@]21C. The van der Waals surface area contributed by atoms with E-state index in [9.17, 15) is 24.3 Å². The molecule has 0 amide bonds. The van der Waals surface area contributed by atoms with Crippen molar-refractivity contribution in [2.75, 3.05) is 6.61 Å². The van der Waals surface area contributed by atoms with Crippen LogP contribution in [-0.2, 0) is 23.9 Å². The molecule has 7 nitrogen and oxygen atoms in total. The number of ether oxygens (including phenoxy) is 2. The maximum absolute atomic E-state index is 14.0. The summed E-state index contributed by atoms with van der Waals surface area (Å²) in [6, 6.07) is 8.55. The zero-order valence-corrected chi connectivity index (χ0v) is 22.4. The third-order valence-electron chi connectivity index (χ3n) is 10.1. The summed E-state index contributed by atoms with van der Waals surface area (Å²) in [6.45, 7) is 6.72. The van der Waals surface area contributed by atoms with Crippen LogP contribution >= 0.6 is 0 Å². The summed E-state index contributed by atoms with van der Waals surface area (Å²) in [5, 5.41) is 11.8. The topological polar surface area (TPSA) is 107 Å². The van der Waals surface area contributed by atoms with Gasteiger partial charge in [0.25, 0.3) is 0 Å². The predicted octanol–water partition coefficient (Wildman–Crippen LogP) is 4.24. The number of esters is 2. The Hall–Kier alpha value is -3.06. The molecule has 1 N–H and O–H groups in total. The van der Waals surface area contributed by atoms with Gasteiger partial charge >= 0.3 is 11.9 Å². The first-order valence-corrected chi connectivity index (χ1v) is 13.5. The van der Waals surface area contributed by atoms with Crippen molar-refractivity contribution in [3.8, 4) is 0 Å². The van der Waals surface area contributed by atoms with Crippen molar-refractivity contribution < 1.29 is 33.8 Å². The molecule has 7 heteroatoms. The molecule has 38 heavy (non-hydrogen) atoms. The molecular weight excluding hydrogens is 484 g/mol. The van der Waals surface area contributed by atoms with E-state index in [1.807, 2.05) is 19.9 Å². The van der Waals surface area contributed by atoms with Crippen LogP contribution in [0.5, 0.6) is 0 Å². The fraction of sp³-hybridized carbons (Fsp3) is 0.548. The van der Waals surface area contributed by atoms with Crippen LogP contribution in [0.25, 0.3) is 0 Å². The number of allylic oxidation sites excluding steroid dienone is 4. The highest BCUT2D eigenvalue weighted by Crippen LogP contribution is 2.69. The van der Waals surface area contributed by atoms with Crippen molar-refractivity contribution in [3.63, 3.8) is 0 Å². The maximum Gasteiger partial charge on any atom is 0.339 e. The third kappa shape index (κ3) is 3.81. The number of carbonyl (C=O) groups excluding carboxylic acids is 4. The van der Waals surface area contributed by atoms with E-state index in [0.29, 0.717) is 12.0 Å². The Bertz CT molecular complexity index is 1230. The summed E-state index contributed by atoms with van der Waals surface area (Å²) in [5.41, 5.74) is -1.51. The lowest BCUT2D eigenvalue weighted by Crippen LogP contribution is -2.64. The van der Waals surface area contributed by atoms with Crippen LogP contribution in [0.3, 0.4) is 0 Å². The monoisotopic (exact) mass is 520 g/mol. The minimum Gasteiger partial charge on any atom is -0.458 e. The van der Waals surface area contributed by atoms with Crippen molar-refractivity contribution in [3.05, 3.63) is 59.7 Å². The van der Waals surface area contributed by atoms with Crippen molar-refractivity contribution in [2.45, 2.75) is 65.1 Å². The van der Waals surface area contributed by atoms with E-state index in [1.165, 1.54) is 6.92 Å². The molecule has 0 radical (unpaired) electrons. The molecule has 0 bridgehead atoms. The van der Waals surface area contributed by atoms with E-state index in [1.54, 1.807) is 42.5 Å². The lowest BCUT2D eigenvalue weighted by atomic mass is 9.46. The number of carbonyl (C=O) groups is 4. The average Bonchev–Trinajstić information content (AvgIpc) is 3.09. The minimum atomic E-state index is -1.57. The molecule has 8 atom stereocenters. The van der Waals surface area contributed by atoms with Crippen LogP contribution in [0.4, 0.5) is 0 Å². The molecule has 0 spiro atoms. The molecule has 0 aliphatic heterocycles. The van der Waals surface area contributed by atoms with Crippen LogP contribution in [-0.4, -0.2) is 46.9 Å². The highest BCUT2D eigenvalue weighted by molar-refractivity contribution is 6.01. The Morgan fingerprint density at radius 2 is 1.84 bits per heavy atom. The Morgan fingerprint density at radius 3 is 2.53 bits per heavy atom. The van der Waals surface area contributed by atoms with Gasteiger partial charge in [0, 0.05) is 29.6 Å². The number of hydrogen-bond acceptors (Lipinski definition) is 7. The van der Waals surface area contributed by atoms with Gasteiger partial charge in [-0.05, 0) is 61.8 Å². The van der Waals surface area contributed by atoms with E-state index in [4.69, 9.17) is 9.47 Å². The summed E-state index contributed by atoms with van der Waals surface area (Å²) < 4.78 is 11.4. The number of aliphatic hydroxyl groups excluding tert-OH is 1. The molecule has 5 rings (SSSR count). The van der Waals surface area contributed by atoms with Gasteiger partial charge in [-0.1, -0.05) is 50.6 Å². The smallest absolute Gasteiger partial charge is 0.339 e. The van der Waals surface area contributed by atoms with Crippen molar-refractivity contribution >= 4 is 23.5 Å². The van der Waals surface area contributed by atoms with Crippen LogP contribution in [0.1, 0.15) is 63.7 Å². The number of benzene rings is 1. The van der Waals surface area contributed by atoms with Gasteiger partial charge in [0.05, 0.1) is 11.7 Å². The second kappa shape index (κ2) is 9.30. The fourth-order valence-corrected chi connectivity index (χ4v) is 8.57. The number of fused-ring (bicyclic) bond motifs is 5. The predicted molar refractivity (Wildman–Crippen MR) is 139 cm³/mol. The molecule has 1 aromatic carbocycles. The first-order valence-electron chi connectivity index (χ1n) is 13.5. The quantitative estimate of drug-likeness (QED) is 0.579. The molecular formula is C31H36O7. The van der Waals surface area contributed by atoms with E-state index in [2.05, 4.69) is 6.92 Å². The van der Waals surface area contributed by atoms with Gasteiger partial charge < -0.3 is 14.6 Å². The van der Waals surface area contributed by atoms with Crippen LogP contribution in [0.15, 0.2) is 54.1 Å². The Morgan fingerprint density at radius 1 is 1.13 bits per heavy atom. The van der Waals surface area contributed by atoms with Gasteiger partial charge in [0.15, 0.2) is 18.0 Å². The van der Waals surface area contributed by atoms with Gasteiger partial charge in [-0.25, -0.2) is 4.79 Å². The third-order valence-corrected chi connectivity index (χ3v) is 10.1. The highest BCUT2D eigenvalue weighted by Gasteiger charge is 2.73. The lowest BCUT2D eigenvalue weighted by Gasteiger charge is -2.60. The van der Waals surface area contributed by atoms with Crippen molar-refractivity contribution in [2.24, 2.45) is 34.5 Å². The maximum atomic E-state index is 14.0. The summed E-state index contributed by atoms with van der Waals surface area (Å²) >= 11 is 0. The first kappa shape index (κ1) is 26.5. The Labute approximate surface area is 223 Å². The zero-order chi connectivity index (χ0) is 27.5. The normalized spacial score (nSPS) is 39.3. The summed E-state index contributed by atoms with van der Waals surface area (Å²) in [7, 11) is 0. The van der Waals surface area contributed by atoms with E-state index in [-0.39, 0.29) is 35.9 Å². The van der Waals surface area contributed by atoms with Crippen LogP contribution in [0, 0.1) is 34.5 Å². The molecule has 0 heterocycles. The number of hydrogen-bond donors (Lipinski definition) is 1. The Balaban J connectivity index is 1.57. The molecule has 4 aliphatic rings. The molecule has 2 unspecified atom stereocenters. The number of aliphatic hydroxyl groups is 1. The highest BCUT2D eigenvalue weighted by atomic mass is 16.6. The van der Waals surface area contributed by atoms with Crippen molar-refractivity contribution in [1.82, 2.24) is 0 Å². The minimum absolute atomic E-state index is 0.0137. The van der Waals surface area contributed by atoms with Crippen LogP contribution < -0.4 is 0 Å². The van der Waals surface area contributed by atoms with E-state index < -0.39 is 46.9 Å². The standard InChI is InChI=1S/C31H36O7/c1-18-14-24-23-11-10-21-15-22(33)12-13-29(21,3)27(23)25(34)16-30(24,4)31(18,26(35)17-37-19(2)32)38-28(36)20-8-6-5-7-9-20/h5-9,12-13,15,18,23-25,27,34H,10-11,14,16-17H2,1-4H3/t18?,23-,24-,25?,27+,29-,30-,31-/m0/s1. The molecule has 3 saturated carbocycles. The first-order chi connectivity index (χ1) is 17.9. The Kier molecular flexibility index (Phi) is 6.49. The molecule has 0 saturated heterocycles. The molecule has 1 aromatic rings. The second-order valence-electron chi connectivity index (χ2n) is 12.0. The fourth-order valence-electron chi connectivity index (χ4n) is 8.57. The zero-order valence-electron chi connectivity index (χ0n) is 22.4. The molecule has 0 aromatic heterocycles. The summed E-state index contributed by atoms with van der Waals surface area (Å²) in [5.74, 6) is -2.10. The van der Waals surface area contributed by atoms with E-state index >= 15 is 0 Å². The molecule has 202 valence electrons. The van der Waals surface area contributed by atoms with Gasteiger partial charge in [0.1, 0.15) is 0 Å². The van der Waals surface area contributed by atoms with Gasteiger partial charge in [0.2, 0.25) is 5.78 Å². The largest absolute Gasteiger partial charge is 0.458 e. The van der Waals surface area contributed by atoms with E-state index in [0.717, 1.165) is 18.4 Å². The van der Waals surface area contributed by atoms with Crippen molar-refractivity contribution in [1.29, 1.82) is 0 Å². The number of ketones is 2. The number of rotatable bonds is 5. The molecule has 4 aliphatic carbocycles. The average molecular weight is 521 g/mol. The lowest BCUT2D eigenvalue weighted by molar-refractivity contribution is -0.187. The van der Waals surface area contributed by atoms with Gasteiger partial charge in [-0.3, -0.25) is 14.4 Å².